The first kappa shape index (κ1) is 14.5. The fourth-order valence-electron chi connectivity index (χ4n) is 3.95. The van der Waals surface area contributed by atoms with Gasteiger partial charge < -0.3 is 5.11 Å². The molecule has 1 aromatic heterocycles. The number of hydrogen-bond acceptors (Lipinski definition) is 3. The van der Waals surface area contributed by atoms with Crippen molar-refractivity contribution in [3.63, 3.8) is 0 Å². The lowest BCUT2D eigenvalue weighted by Crippen LogP contribution is -2.44. The second-order valence-electron chi connectivity index (χ2n) is 7.15. The average molecular weight is 265 g/mol. The molecule has 19 heavy (non-hydrogen) atoms. The van der Waals surface area contributed by atoms with Crippen molar-refractivity contribution in [1.82, 2.24) is 14.8 Å². The van der Waals surface area contributed by atoms with Crippen molar-refractivity contribution in [2.75, 3.05) is 0 Å². The maximum Gasteiger partial charge on any atom is 0.138 e. The highest BCUT2D eigenvalue weighted by atomic mass is 16.3. The molecule has 1 aliphatic carbocycles. The van der Waals surface area contributed by atoms with E-state index in [1.807, 2.05) is 4.68 Å². The summed E-state index contributed by atoms with van der Waals surface area (Å²) < 4.78 is 1.93. The Labute approximate surface area is 116 Å². The molecule has 2 rings (SSSR count). The molecule has 0 spiro atoms. The topological polar surface area (TPSA) is 50.9 Å². The zero-order valence-corrected chi connectivity index (χ0v) is 12.7. The van der Waals surface area contributed by atoms with E-state index in [2.05, 4.69) is 37.8 Å². The van der Waals surface area contributed by atoms with Crippen LogP contribution < -0.4 is 0 Å². The van der Waals surface area contributed by atoms with E-state index >= 15 is 0 Å². The number of hydrogen-bond donors (Lipinski definition) is 1. The van der Waals surface area contributed by atoms with Crippen LogP contribution in [0.5, 0.6) is 0 Å². The first-order valence-electron chi connectivity index (χ1n) is 7.43. The number of rotatable bonds is 4. The molecule has 0 radical (unpaired) electrons. The Hall–Kier alpha value is -0.900. The van der Waals surface area contributed by atoms with Gasteiger partial charge in [0, 0.05) is 13.0 Å². The zero-order valence-electron chi connectivity index (χ0n) is 12.7. The molecule has 0 bridgehead atoms. The van der Waals surface area contributed by atoms with Crippen LogP contribution in [0, 0.1) is 11.3 Å². The SMILES string of the molecule is CCCn1ncnc1CC1(O)CC(C)CC(C)(C)C1. The van der Waals surface area contributed by atoms with Gasteiger partial charge in [0.1, 0.15) is 12.2 Å². The molecule has 1 heterocycles. The van der Waals surface area contributed by atoms with Crippen LogP contribution in [0.15, 0.2) is 6.33 Å². The van der Waals surface area contributed by atoms with Crippen molar-refractivity contribution < 1.29 is 5.11 Å². The second kappa shape index (κ2) is 5.23. The van der Waals surface area contributed by atoms with Gasteiger partial charge in [0.05, 0.1) is 5.60 Å². The van der Waals surface area contributed by atoms with Crippen molar-refractivity contribution >= 4 is 0 Å². The normalized spacial score (nSPS) is 30.5. The quantitative estimate of drug-likeness (QED) is 0.910. The van der Waals surface area contributed by atoms with Gasteiger partial charge in [-0.15, -0.1) is 0 Å². The van der Waals surface area contributed by atoms with Crippen LogP contribution >= 0.6 is 0 Å². The minimum atomic E-state index is -0.625. The molecule has 2 atom stereocenters. The summed E-state index contributed by atoms with van der Waals surface area (Å²) in [4.78, 5) is 4.34. The first-order chi connectivity index (χ1) is 8.84. The summed E-state index contributed by atoms with van der Waals surface area (Å²) in [5.74, 6) is 1.49. The number of aliphatic hydroxyl groups is 1. The van der Waals surface area contributed by atoms with Crippen molar-refractivity contribution in [2.24, 2.45) is 11.3 Å². The third-order valence-corrected chi connectivity index (χ3v) is 4.06. The molecule has 1 fully saturated rings. The molecule has 1 aromatic rings. The lowest BCUT2D eigenvalue weighted by Gasteiger charge is -2.44. The Morgan fingerprint density at radius 2 is 2.16 bits per heavy atom. The van der Waals surface area contributed by atoms with E-state index < -0.39 is 5.60 Å². The largest absolute Gasteiger partial charge is 0.389 e. The Morgan fingerprint density at radius 3 is 2.79 bits per heavy atom. The Balaban J connectivity index is 2.14. The molecular formula is C15H27N3O. The van der Waals surface area contributed by atoms with Gasteiger partial charge in [0.25, 0.3) is 0 Å². The Bertz CT molecular complexity index is 427. The molecule has 0 amide bonds. The van der Waals surface area contributed by atoms with Crippen molar-refractivity contribution in [1.29, 1.82) is 0 Å². The third kappa shape index (κ3) is 3.56. The molecule has 1 N–H and O–H groups in total. The van der Waals surface area contributed by atoms with Gasteiger partial charge >= 0.3 is 0 Å². The summed E-state index contributed by atoms with van der Waals surface area (Å²) in [6, 6.07) is 0. The van der Waals surface area contributed by atoms with Crippen LogP contribution in [0.4, 0.5) is 0 Å². The molecule has 1 aliphatic rings. The van der Waals surface area contributed by atoms with Gasteiger partial charge in [-0.3, -0.25) is 4.68 Å². The van der Waals surface area contributed by atoms with E-state index in [1.54, 1.807) is 6.33 Å². The molecule has 0 aromatic carbocycles. The van der Waals surface area contributed by atoms with Crippen LogP contribution in [-0.2, 0) is 13.0 Å². The fourth-order valence-corrected chi connectivity index (χ4v) is 3.95. The predicted octanol–water partition coefficient (Wildman–Crippen LogP) is 2.81. The van der Waals surface area contributed by atoms with E-state index in [4.69, 9.17) is 0 Å². The predicted molar refractivity (Wildman–Crippen MR) is 75.8 cm³/mol. The molecule has 1 saturated carbocycles. The summed E-state index contributed by atoms with van der Waals surface area (Å²) >= 11 is 0. The van der Waals surface area contributed by atoms with Gasteiger partial charge in [-0.25, -0.2) is 4.98 Å². The smallest absolute Gasteiger partial charge is 0.138 e. The van der Waals surface area contributed by atoms with Crippen molar-refractivity contribution in [3.05, 3.63) is 12.2 Å². The summed E-state index contributed by atoms with van der Waals surface area (Å²) in [7, 11) is 0. The van der Waals surface area contributed by atoms with Gasteiger partial charge in [-0.2, -0.15) is 5.10 Å². The Kier molecular flexibility index (Phi) is 4.00. The lowest BCUT2D eigenvalue weighted by molar-refractivity contribution is -0.0592. The summed E-state index contributed by atoms with van der Waals surface area (Å²) in [5, 5.41) is 15.2. The molecule has 4 heteroatoms. The molecule has 0 saturated heterocycles. The minimum absolute atomic E-state index is 0.210. The van der Waals surface area contributed by atoms with E-state index in [0.29, 0.717) is 12.3 Å². The highest BCUT2D eigenvalue weighted by Crippen LogP contribution is 2.44. The van der Waals surface area contributed by atoms with Crippen molar-refractivity contribution in [3.8, 4) is 0 Å². The highest BCUT2D eigenvalue weighted by Gasteiger charge is 2.42. The summed E-state index contributed by atoms with van der Waals surface area (Å²) in [5.41, 5.74) is -0.415. The van der Waals surface area contributed by atoms with Crippen LogP contribution in [0.3, 0.4) is 0 Å². The number of aromatic nitrogens is 3. The van der Waals surface area contributed by atoms with Crippen LogP contribution in [0.1, 0.15) is 59.2 Å². The van der Waals surface area contributed by atoms with E-state index in [-0.39, 0.29) is 5.41 Å². The lowest BCUT2D eigenvalue weighted by atomic mass is 9.65. The summed E-state index contributed by atoms with van der Waals surface area (Å²) in [6.45, 7) is 9.76. The van der Waals surface area contributed by atoms with Gasteiger partial charge in [-0.05, 0) is 37.0 Å². The van der Waals surface area contributed by atoms with E-state index in [0.717, 1.165) is 31.6 Å². The fraction of sp³-hybridized carbons (Fsp3) is 0.867. The minimum Gasteiger partial charge on any atom is -0.389 e. The van der Waals surface area contributed by atoms with E-state index in [1.165, 1.54) is 6.42 Å². The standard InChI is InChI=1S/C15H27N3O/c1-5-6-18-13(16-11-17-18)9-15(19)8-12(2)7-14(3,4)10-15/h11-12,19H,5-10H2,1-4H3. The van der Waals surface area contributed by atoms with Gasteiger partial charge in [-0.1, -0.05) is 27.7 Å². The molecular weight excluding hydrogens is 238 g/mol. The van der Waals surface area contributed by atoms with Gasteiger partial charge in [0.15, 0.2) is 0 Å². The molecule has 2 unspecified atom stereocenters. The monoisotopic (exact) mass is 265 g/mol. The molecule has 108 valence electrons. The van der Waals surface area contributed by atoms with E-state index in [9.17, 15) is 5.11 Å². The van der Waals surface area contributed by atoms with Crippen LogP contribution in [0.2, 0.25) is 0 Å². The highest BCUT2D eigenvalue weighted by molar-refractivity contribution is 5.00. The van der Waals surface area contributed by atoms with Gasteiger partial charge in [0.2, 0.25) is 0 Å². The third-order valence-electron chi connectivity index (χ3n) is 4.06. The summed E-state index contributed by atoms with van der Waals surface area (Å²) in [6.07, 6.45) is 6.18. The number of aryl methyl sites for hydroxylation is 1. The van der Waals surface area contributed by atoms with Crippen LogP contribution in [-0.4, -0.2) is 25.5 Å². The first-order valence-corrected chi connectivity index (χ1v) is 7.43. The zero-order chi connectivity index (χ0) is 14.1. The second-order valence-corrected chi connectivity index (χ2v) is 7.15. The molecule has 4 nitrogen and oxygen atoms in total. The Morgan fingerprint density at radius 1 is 1.42 bits per heavy atom. The molecule has 0 aliphatic heterocycles. The maximum atomic E-state index is 11.0. The number of nitrogens with zero attached hydrogens (tertiary/aromatic N) is 3. The average Bonchev–Trinajstić information content (AvgIpc) is 2.61. The van der Waals surface area contributed by atoms with Crippen molar-refractivity contribution in [2.45, 2.75) is 71.9 Å². The van der Waals surface area contributed by atoms with Crippen LogP contribution in [0.25, 0.3) is 0 Å². The maximum absolute atomic E-state index is 11.0.